The number of aliphatic hydroxyl groups is 4. The second kappa shape index (κ2) is 9.68. The van der Waals surface area contributed by atoms with Crippen LogP contribution >= 0.6 is 11.8 Å². The molecule has 0 aromatic carbocycles. The van der Waals surface area contributed by atoms with Crippen molar-refractivity contribution in [1.82, 2.24) is 0 Å². The molecule has 1 saturated heterocycles. The molecule has 5 unspecified atom stereocenters. The average molecular weight is 387 g/mol. The fourth-order valence-electron chi connectivity index (χ4n) is 1.81. The van der Waals surface area contributed by atoms with Gasteiger partial charge in [-0.1, -0.05) is 36.3 Å². The molecule has 1 aliphatic rings. The minimum atomic E-state index is -4.81. The quantitative estimate of drug-likeness (QED) is 0.158. The summed E-state index contributed by atoms with van der Waals surface area (Å²) in [6.45, 7) is 1.32. The lowest BCUT2D eigenvalue weighted by Gasteiger charge is -2.39. The predicted octanol–water partition coefficient (Wildman–Crippen LogP) is -0.991. The lowest BCUT2D eigenvalue weighted by Crippen LogP contribution is -2.57. The molecule has 5 N–H and O–H groups in total. The lowest BCUT2D eigenvalue weighted by atomic mass is 10.0. The maximum atomic E-state index is 10.6. The van der Waals surface area contributed by atoms with Gasteiger partial charge in [0.1, 0.15) is 34.9 Å². The van der Waals surface area contributed by atoms with Gasteiger partial charge in [-0.15, -0.1) is 0 Å². The van der Waals surface area contributed by atoms with Crippen LogP contribution in [0.4, 0.5) is 0 Å². The van der Waals surface area contributed by atoms with Gasteiger partial charge in [0.15, 0.2) is 0 Å². The number of unbranched alkanes of at least 4 members (excludes halogenated alkanes) is 1. The molecular formula is C12H21NO9S2. The van der Waals surface area contributed by atoms with Crippen LogP contribution < -0.4 is 0 Å². The molecule has 0 aliphatic carbocycles. The van der Waals surface area contributed by atoms with Crippen molar-refractivity contribution < 1.29 is 42.4 Å². The minimum absolute atomic E-state index is 0.0644. The van der Waals surface area contributed by atoms with Gasteiger partial charge in [-0.3, -0.25) is 4.55 Å². The number of hydrogen-bond acceptors (Lipinski definition) is 10. The van der Waals surface area contributed by atoms with Crippen molar-refractivity contribution in [2.24, 2.45) is 5.16 Å². The van der Waals surface area contributed by atoms with Crippen LogP contribution in [-0.2, 0) is 19.4 Å². The molecule has 0 bridgehead atoms. The Bertz CT molecular complexity index is 549. The molecule has 0 aromatic rings. The summed E-state index contributed by atoms with van der Waals surface area (Å²) in [5, 5.41) is 41.7. The molecule has 0 saturated carbocycles. The molecule has 12 heteroatoms. The van der Waals surface area contributed by atoms with Crippen molar-refractivity contribution in [3.63, 3.8) is 0 Å². The van der Waals surface area contributed by atoms with Gasteiger partial charge in [0.25, 0.3) is 0 Å². The Labute approximate surface area is 143 Å². The first-order valence-electron chi connectivity index (χ1n) is 7.07. The predicted molar refractivity (Wildman–Crippen MR) is 85.5 cm³/mol. The summed E-state index contributed by atoms with van der Waals surface area (Å²) >= 11 is 0.698. The fraction of sp³-hybridized carbons (Fsp3) is 0.750. The molecule has 5 atom stereocenters. The summed E-state index contributed by atoms with van der Waals surface area (Å²) in [6, 6.07) is 0. The second-order valence-corrected chi connectivity index (χ2v) is 7.06. The van der Waals surface area contributed by atoms with Crippen molar-refractivity contribution in [3.8, 4) is 0 Å². The lowest BCUT2D eigenvalue weighted by molar-refractivity contribution is -0.205. The molecule has 0 amide bonds. The van der Waals surface area contributed by atoms with Crippen LogP contribution in [0.3, 0.4) is 0 Å². The first kappa shape index (κ1) is 21.3. The molecule has 10 nitrogen and oxygen atoms in total. The zero-order valence-electron chi connectivity index (χ0n) is 12.8. The van der Waals surface area contributed by atoms with Gasteiger partial charge in [0.2, 0.25) is 0 Å². The monoisotopic (exact) mass is 387 g/mol. The van der Waals surface area contributed by atoms with Crippen molar-refractivity contribution in [3.05, 3.63) is 12.2 Å². The van der Waals surface area contributed by atoms with Crippen LogP contribution in [0.15, 0.2) is 17.3 Å². The Hall–Kier alpha value is -0.730. The number of oxime groups is 1. The maximum absolute atomic E-state index is 10.6. The molecule has 140 valence electrons. The van der Waals surface area contributed by atoms with Gasteiger partial charge in [-0.25, -0.2) is 4.28 Å². The Kier molecular flexibility index (Phi) is 8.59. The highest BCUT2D eigenvalue weighted by molar-refractivity contribution is 8.14. The van der Waals surface area contributed by atoms with Gasteiger partial charge in [0, 0.05) is 0 Å². The van der Waals surface area contributed by atoms with E-state index in [2.05, 4.69) is 9.44 Å². The third-order valence-corrected chi connectivity index (χ3v) is 4.36. The molecule has 24 heavy (non-hydrogen) atoms. The Morgan fingerprint density at radius 3 is 2.50 bits per heavy atom. The van der Waals surface area contributed by atoms with Gasteiger partial charge < -0.3 is 25.2 Å². The fourth-order valence-corrected chi connectivity index (χ4v) is 3.02. The zero-order chi connectivity index (χ0) is 18.3. The van der Waals surface area contributed by atoms with E-state index in [1.807, 2.05) is 6.92 Å². The number of ether oxygens (including phenoxy) is 1. The smallest absolute Gasteiger partial charge is 0.394 e. The molecule has 1 rings (SSSR count). The van der Waals surface area contributed by atoms with Crippen LogP contribution in [0.25, 0.3) is 0 Å². The van der Waals surface area contributed by atoms with Crippen LogP contribution in [0.5, 0.6) is 0 Å². The van der Waals surface area contributed by atoms with Crippen LogP contribution in [0.2, 0.25) is 0 Å². The first-order valence-corrected chi connectivity index (χ1v) is 9.31. The summed E-state index contributed by atoms with van der Waals surface area (Å²) in [7, 11) is -4.81. The molecule has 0 radical (unpaired) electrons. The standard InChI is InChI=1S/C12H21NO9S2/c1-2-3-4-5-8(13-22-24(18,19)20)23-12-11(17)10(16)9(15)7(6-14)21-12/h4-5,7,9-12,14-17H,2-3,6H2,1H3,(H,18,19,20)/b5-4+,13-8+. The summed E-state index contributed by atoms with van der Waals surface area (Å²) in [5.74, 6) is 0. The van der Waals surface area contributed by atoms with E-state index < -0.39 is 46.9 Å². The molecule has 1 heterocycles. The molecule has 0 aromatic heterocycles. The van der Waals surface area contributed by atoms with E-state index in [1.165, 1.54) is 6.08 Å². The van der Waals surface area contributed by atoms with Gasteiger partial charge in [0.05, 0.1) is 6.61 Å². The molecule has 0 spiro atoms. The maximum Gasteiger partial charge on any atom is 0.466 e. The number of hydrogen-bond donors (Lipinski definition) is 5. The van der Waals surface area contributed by atoms with Crippen LogP contribution in [0, 0.1) is 0 Å². The largest absolute Gasteiger partial charge is 0.466 e. The minimum Gasteiger partial charge on any atom is -0.394 e. The first-order chi connectivity index (χ1) is 11.2. The molecular weight excluding hydrogens is 366 g/mol. The Morgan fingerprint density at radius 2 is 1.96 bits per heavy atom. The number of rotatable bonds is 7. The number of thioether (sulfide) groups is 1. The zero-order valence-corrected chi connectivity index (χ0v) is 14.4. The van der Waals surface area contributed by atoms with E-state index in [0.717, 1.165) is 6.42 Å². The van der Waals surface area contributed by atoms with Crippen LogP contribution in [0.1, 0.15) is 19.8 Å². The Balaban J connectivity index is 2.91. The Morgan fingerprint density at radius 1 is 1.29 bits per heavy atom. The third-order valence-electron chi connectivity index (χ3n) is 3.02. The summed E-state index contributed by atoms with van der Waals surface area (Å²) < 4.78 is 39.0. The van der Waals surface area contributed by atoms with Crippen LogP contribution in [-0.4, -0.2) is 74.9 Å². The SMILES string of the molecule is CCC/C=C/C(=N\OS(=O)(=O)O)SC1OC(CO)C(O)C(O)C1O. The second-order valence-electron chi connectivity index (χ2n) is 4.94. The van der Waals surface area contributed by atoms with Gasteiger partial charge in [-0.05, 0) is 12.5 Å². The topological polar surface area (TPSA) is 166 Å². The van der Waals surface area contributed by atoms with Gasteiger partial charge >= 0.3 is 10.4 Å². The normalized spacial score (nSPS) is 32.2. The summed E-state index contributed by atoms with van der Waals surface area (Å²) in [6.07, 6.45) is -1.20. The summed E-state index contributed by atoms with van der Waals surface area (Å²) in [5.41, 5.74) is -1.16. The average Bonchev–Trinajstić information content (AvgIpc) is 2.52. The highest BCUT2D eigenvalue weighted by Crippen LogP contribution is 2.29. The highest BCUT2D eigenvalue weighted by Gasteiger charge is 2.44. The molecule has 1 aliphatic heterocycles. The van der Waals surface area contributed by atoms with E-state index in [9.17, 15) is 23.7 Å². The van der Waals surface area contributed by atoms with E-state index in [1.54, 1.807) is 6.08 Å². The third kappa shape index (κ3) is 6.64. The molecule has 1 fully saturated rings. The van der Waals surface area contributed by atoms with E-state index in [-0.39, 0.29) is 5.04 Å². The van der Waals surface area contributed by atoms with Crippen molar-refractivity contribution in [2.45, 2.75) is 49.6 Å². The van der Waals surface area contributed by atoms with E-state index in [0.29, 0.717) is 18.2 Å². The summed E-state index contributed by atoms with van der Waals surface area (Å²) in [4.78, 5) is 0. The number of aliphatic hydroxyl groups excluding tert-OH is 4. The van der Waals surface area contributed by atoms with Crippen molar-refractivity contribution in [1.29, 1.82) is 0 Å². The van der Waals surface area contributed by atoms with Gasteiger partial charge in [-0.2, -0.15) is 8.42 Å². The number of nitrogens with zero attached hydrogens (tertiary/aromatic N) is 1. The van der Waals surface area contributed by atoms with E-state index in [4.69, 9.17) is 14.4 Å². The highest BCUT2D eigenvalue weighted by atomic mass is 32.3. The number of allylic oxidation sites excluding steroid dienone is 1. The van der Waals surface area contributed by atoms with Crippen molar-refractivity contribution >= 4 is 27.2 Å². The van der Waals surface area contributed by atoms with Crippen molar-refractivity contribution in [2.75, 3.05) is 6.61 Å². The van der Waals surface area contributed by atoms with E-state index >= 15 is 0 Å².